The van der Waals surface area contributed by atoms with E-state index in [0.717, 1.165) is 11.1 Å². The summed E-state index contributed by atoms with van der Waals surface area (Å²) in [5, 5.41) is 5.15. The first-order valence-electron chi connectivity index (χ1n) is 8.42. The van der Waals surface area contributed by atoms with Crippen LogP contribution >= 0.6 is 0 Å². The van der Waals surface area contributed by atoms with Crippen molar-refractivity contribution in [1.29, 1.82) is 0 Å². The molecular weight excluding hydrogens is 328 g/mol. The molecule has 0 aliphatic carbocycles. The van der Waals surface area contributed by atoms with Gasteiger partial charge in [-0.2, -0.15) is 0 Å². The lowest BCUT2D eigenvalue weighted by molar-refractivity contribution is -0.115. The molecule has 2 rings (SSSR count). The van der Waals surface area contributed by atoms with Gasteiger partial charge in [0.25, 0.3) is 0 Å². The molecular formula is C21H24N2O3. The molecule has 0 bridgehead atoms. The second-order valence-electron chi connectivity index (χ2n) is 6.77. The lowest BCUT2D eigenvalue weighted by atomic mass is 10.1. The Morgan fingerprint density at radius 1 is 0.923 bits per heavy atom. The molecule has 0 atom stereocenters. The zero-order valence-electron chi connectivity index (χ0n) is 15.3. The zero-order chi connectivity index (χ0) is 19.0. The van der Waals surface area contributed by atoms with Gasteiger partial charge in [0.1, 0.15) is 12.1 Å². The van der Waals surface area contributed by atoms with Gasteiger partial charge in [-0.25, -0.2) is 4.79 Å². The van der Waals surface area contributed by atoms with Gasteiger partial charge in [-0.1, -0.05) is 54.6 Å². The summed E-state index contributed by atoms with van der Waals surface area (Å²) in [7, 11) is 0. The minimum absolute atomic E-state index is 0.148. The summed E-state index contributed by atoms with van der Waals surface area (Å²) in [4.78, 5) is 23.4. The van der Waals surface area contributed by atoms with Gasteiger partial charge in [-0.05, 0) is 44.0 Å². The van der Waals surface area contributed by atoms with Crippen LogP contribution in [0, 0.1) is 0 Å². The Hall–Kier alpha value is -3.08. The van der Waals surface area contributed by atoms with Crippen molar-refractivity contribution >= 4 is 29.8 Å². The molecule has 0 saturated heterocycles. The molecule has 2 N–H and O–H groups in total. The van der Waals surface area contributed by atoms with Crippen LogP contribution in [0.1, 0.15) is 31.9 Å². The Labute approximate surface area is 154 Å². The van der Waals surface area contributed by atoms with E-state index >= 15 is 0 Å². The van der Waals surface area contributed by atoms with Crippen molar-refractivity contribution in [2.45, 2.75) is 26.4 Å². The number of carbonyl (C=O) groups is 2. The molecule has 26 heavy (non-hydrogen) atoms. The maximum atomic E-state index is 11.9. The fourth-order valence-corrected chi connectivity index (χ4v) is 2.11. The van der Waals surface area contributed by atoms with E-state index < -0.39 is 11.7 Å². The molecule has 0 unspecified atom stereocenters. The molecule has 0 fully saturated rings. The van der Waals surface area contributed by atoms with Gasteiger partial charge >= 0.3 is 6.09 Å². The summed E-state index contributed by atoms with van der Waals surface area (Å²) in [6, 6.07) is 17.5. The first kappa shape index (κ1) is 19.2. The third kappa shape index (κ3) is 7.21. The summed E-state index contributed by atoms with van der Waals surface area (Å²) < 4.78 is 5.08. The van der Waals surface area contributed by atoms with Crippen LogP contribution in [-0.4, -0.2) is 24.1 Å². The van der Waals surface area contributed by atoms with Gasteiger partial charge in [0.2, 0.25) is 5.91 Å². The van der Waals surface area contributed by atoms with Crippen LogP contribution < -0.4 is 10.6 Å². The van der Waals surface area contributed by atoms with Crippen molar-refractivity contribution in [3.8, 4) is 0 Å². The van der Waals surface area contributed by atoms with E-state index in [9.17, 15) is 9.59 Å². The van der Waals surface area contributed by atoms with Crippen molar-refractivity contribution in [1.82, 2.24) is 5.32 Å². The Bertz CT molecular complexity index is 760. The number of anilines is 1. The summed E-state index contributed by atoms with van der Waals surface area (Å²) >= 11 is 0. The van der Waals surface area contributed by atoms with Crippen LogP contribution in [0.15, 0.2) is 54.6 Å². The van der Waals surface area contributed by atoms with E-state index in [1.807, 2.05) is 66.7 Å². The quantitative estimate of drug-likeness (QED) is 0.788. The lowest BCUT2D eigenvalue weighted by Gasteiger charge is -2.19. The van der Waals surface area contributed by atoms with E-state index in [0.29, 0.717) is 5.69 Å². The molecule has 2 amide bonds. The highest BCUT2D eigenvalue weighted by atomic mass is 16.6. The average Bonchev–Trinajstić information content (AvgIpc) is 2.59. The van der Waals surface area contributed by atoms with Crippen LogP contribution in [0.4, 0.5) is 10.5 Å². The van der Waals surface area contributed by atoms with Crippen LogP contribution in [0.3, 0.4) is 0 Å². The molecule has 0 saturated carbocycles. The fourth-order valence-electron chi connectivity index (χ4n) is 2.11. The van der Waals surface area contributed by atoms with Crippen molar-refractivity contribution in [2.75, 3.05) is 11.9 Å². The highest BCUT2D eigenvalue weighted by Gasteiger charge is 2.16. The van der Waals surface area contributed by atoms with Gasteiger partial charge in [-0.3, -0.25) is 4.79 Å². The summed E-state index contributed by atoms with van der Waals surface area (Å²) in [5.74, 6) is -0.316. The minimum atomic E-state index is -0.617. The molecule has 5 heteroatoms. The number of alkyl carbamates (subject to hydrolysis) is 1. The monoisotopic (exact) mass is 352 g/mol. The van der Waals surface area contributed by atoms with Crippen LogP contribution in [-0.2, 0) is 9.53 Å². The van der Waals surface area contributed by atoms with E-state index in [4.69, 9.17) is 4.74 Å². The zero-order valence-corrected chi connectivity index (χ0v) is 15.3. The van der Waals surface area contributed by atoms with Crippen LogP contribution in [0.5, 0.6) is 0 Å². The van der Waals surface area contributed by atoms with Gasteiger partial charge in [0.15, 0.2) is 0 Å². The van der Waals surface area contributed by atoms with Gasteiger partial charge in [0, 0.05) is 5.69 Å². The number of hydrogen-bond acceptors (Lipinski definition) is 3. The summed E-state index contributed by atoms with van der Waals surface area (Å²) in [6.45, 7) is 5.14. The van der Waals surface area contributed by atoms with E-state index in [-0.39, 0.29) is 12.5 Å². The minimum Gasteiger partial charge on any atom is -0.444 e. The maximum absolute atomic E-state index is 11.9. The molecule has 2 aromatic carbocycles. The molecule has 0 aliphatic rings. The lowest BCUT2D eigenvalue weighted by Crippen LogP contribution is -2.37. The topological polar surface area (TPSA) is 67.4 Å². The van der Waals surface area contributed by atoms with E-state index in [1.165, 1.54) is 0 Å². The first-order valence-corrected chi connectivity index (χ1v) is 8.42. The standard InChI is InChI=1S/C21H24N2O3/c1-21(2,3)26-20(25)22-15-19(24)23-18-13-11-17(12-14-18)10-9-16-7-5-4-6-8-16/h4-14H,15H2,1-3H3,(H,22,25)(H,23,24)/b10-9+. The van der Waals surface area contributed by atoms with Crippen LogP contribution in [0.25, 0.3) is 12.2 Å². The van der Waals surface area contributed by atoms with Gasteiger partial charge in [0.05, 0.1) is 0 Å². The SMILES string of the molecule is CC(C)(C)OC(=O)NCC(=O)Nc1ccc(/C=C/c2ccccc2)cc1. The number of hydrogen-bond donors (Lipinski definition) is 2. The fraction of sp³-hybridized carbons (Fsp3) is 0.238. The van der Waals surface area contributed by atoms with Crippen molar-refractivity contribution < 1.29 is 14.3 Å². The molecule has 0 heterocycles. The molecule has 5 nitrogen and oxygen atoms in total. The van der Waals surface area contributed by atoms with Gasteiger partial charge in [-0.15, -0.1) is 0 Å². The van der Waals surface area contributed by atoms with Gasteiger partial charge < -0.3 is 15.4 Å². The number of rotatable bonds is 5. The highest BCUT2D eigenvalue weighted by Crippen LogP contribution is 2.13. The van der Waals surface area contributed by atoms with E-state index in [1.54, 1.807) is 20.8 Å². The predicted octanol–water partition coefficient (Wildman–Crippen LogP) is 4.32. The Kier molecular flexibility index (Phi) is 6.55. The Balaban J connectivity index is 1.82. The number of ether oxygens (including phenoxy) is 1. The summed E-state index contributed by atoms with van der Waals surface area (Å²) in [5.41, 5.74) is 2.22. The molecule has 136 valence electrons. The third-order valence-corrected chi connectivity index (χ3v) is 3.25. The Morgan fingerprint density at radius 3 is 2.08 bits per heavy atom. The van der Waals surface area contributed by atoms with Crippen molar-refractivity contribution in [2.24, 2.45) is 0 Å². The van der Waals surface area contributed by atoms with E-state index in [2.05, 4.69) is 10.6 Å². The Morgan fingerprint density at radius 2 is 1.50 bits per heavy atom. The number of nitrogens with one attached hydrogen (secondary N) is 2. The second kappa shape index (κ2) is 8.85. The number of carbonyl (C=O) groups excluding carboxylic acids is 2. The number of amides is 2. The maximum Gasteiger partial charge on any atom is 0.408 e. The predicted molar refractivity (Wildman–Crippen MR) is 105 cm³/mol. The molecule has 0 aromatic heterocycles. The van der Waals surface area contributed by atoms with Crippen molar-refractivity contribution in [3.63, 3.8) is 0 Å². The normalized spacial score (nSPS) is 11.2. The van der Waals surface area contributed by atoms with Crippen molar-refractivity contribution in [3.05, 3.63) is 65.7 Å². The van der Waals surface area contributed by atoms with Crippen LogP contribution in [0.2, 0.25) is 0 Å². The first-order chi connectivity index (χ1) is 12.3. The number of benzene rings is 2. The third-order valence-electron chi connectivity index (χ3n) is 3.25. The molecule has 0 spiro atoms. The largest absolute Gasteiger partial charge is 0.444 e. The second-order valence-corrected chi connectivity index (χ2v) is 6.77. The smallest absolute Gasteiger partial charge is 0.408 e. The molecule has 0 radical (unpaired) electrons. The average molecular weight is 352 g/mol. The summed E-state index contributed by atoms with van der Waals surface area (Å²) in [6.07, 6.45) is 3.41. The molecule has 0 aliphatic heterocycles. The molecule has 2 aromatic rings. The highest BCUT2D eigenvalue weighted by molar-refractivity contribution is 5.94.